The van der Waals surface area contributed by atoms with Gasteiger partial charge in [-0.15, -0.1) is 0 Å². The molecule has 0 aliphatic carbocycles. The zero-order valence-electron chi connectivity index (χ0n) is 10.2. The maximum atomic E-state index is 5.97. The Kier molecular flexibility index (Phi) is 4.50. The van der Waals surface area contributed by atoms with E-state index >= 15 is 0 Å². The molecule has 0 spiro atoms. The molecule has 1 aromatic heterocycles. The van der Waals surface area contributed by atoms with E-state index in [1.54, 1.807) is 0 Å². The Labute approximate surface area is 117 Å². The molecule has 4 heteroatoms. The molecule has 0 unspecified atom stereocenters. The van der Waals surface area contributed by atoms with E-state index in [4.69, 9.17) is 23.8 Å². The maximum Gasteiger partial charge on any atom is 0.130 e. The highest BCUT2D eigenvalue weighted by molar-refractivity contribution is 7.71. The first-order chi connectivity index (χ1) is 8.67. The Morgan fingerprint density at radius 1 is 1.33 bits per heavy atom. The van der Waals surface area contributed by atoms with E-state index in [9.17, 15) is 0 Å². The van der Waals surface area contributed by atoms with Crippen molar-refractivity contribution >= 4 is 23.8 Å². The first-order valence-electron chi connectivity index (χ1n) is 6.01. The summed E-state index contributed by atoms with van der Waals surface area (Å²) in [6.45, 7) is 2.15. The van der Waals surface area contributed by atoms with Gasteiger partial charge >= 0.3 is 0 Å². The van der Waals surface area contributed by atoms with Gasteiger partial charge in [0.15, 0.2) is 0 Å². The summed E-state index contributed by atoms with van der Waals surface area (Å²) >= 11 is 11.2. The number of benzene rings is 1. The van der Waals surface area contributed by atoms with Crippen molar-refractivity contribution in [3.05, 3.63) is 57.1 Å². The van der Waals surface area contributed by atoms with Crippen molar-refractivity contribution in [1.29, 1.82) is 0 Å². The van der Waals surface area contributed by atoms with Gasteiger partial charge < -0.3 is 4.98 Å². The van der Waals surface area contributed by atoms with E-state index in [0.29, 0.717) is 4.64 Å². The number of hydrogen-bond donors (Lipinski definition) is 1. The number of H-pyrrole nitrogens is 1. The molecule has 0 amide bonds. The molecule has 0 atom stereocenters. The summed E-state index contributed by atoms with van der Waals surface area (Å²) in [5, 5.41) is 0.746. The van der Waals surface area contributed by atoms with E-state index < -0.39 is 0 Å². The predicted molar refractivity (Wildman–Crippen MR) is 77.7 cm³/mol. The summed E-state index contributed by atoms with van der Waals surface area (Å²) in [6.07, 6.45) is 2.81. The largest absolute Gasteiger partial charge is 0.347 e. The van der Waals surface area contributed by atoms with Crippen molar-refractivity contribution in [3.63, 3.8) is 0 Å². The molecule has 0 aliphatic rings. The van der Waals surface area contributed by atoms with Gasteiger partial charge in [-0.3, -0.25) is 0 Å². The lowest BCUT2D eigenvalue weighted by Crippen LogP contribution is -2.01. The minimum Gasteiger partial charge on any atom is -0.347 e. The van der Waals surface area contributed by atoms with Gasteiger partial charge in [0.1, 0.15) is 10.5 Å². The minimum absolute atomic E-state index is 0.647. The van der Waals surface area contributed by atoms with Crippen LogP contribution in [0.1, 0.15) is 30.4 Å². The van der Waals surface area contributed by atoms with Gasteiger partial charge in [0, 0.05) is 17.1 Å². The summed E-state index contributed by atoms with van der Waals surface area (Å²) in [4.78, 5) is 7.69. The number of nitrogens with one attached hydrogen (secondary N) is 1. The molecule has 0 saturated carbocycles. The van der Waals surface area contributed by atoms with Crippen molar-refractivity contribution in [2.45, 2.75) is 26.2 Å². The normalized spacial score (nSPS) is 10.6. The van der Waals surface area contributed by atoms with Crippen LogP contribution in [-0.4, -0.2) is 9.97 Å². The first-order valence-corrected chi connectivity index (χ1v) is 6.79. The number of rotatable bonds is 4. The zero-order valence-corrected chi connectivity index (χ0v) is 11.8. The van der Waals surface area contributed by atoms with Gasteiger partial charge in [-0.05, 0) is 30.2 Å². The number of hydrogen-bond acceptors (Lipinski definition) is 2. The Hall–Kier alpha value is -1.19. The maximum absolute atomic E-state index is 5.97. The van der Waals surface area contributed by atoms with Crippen LogP contribution < -0.4 is 0 Å². The van der Waals surface area contributed by atoms with Crippen molar-refractivity contribution in [2.24, 2.45) is 0 Å². The molecule has 1 heterocycles. The lowest BCUT2D eigenvalue weighted by molar-refractivity contribution is 0.838. The molecule has 1 aromatic carbocycles. The second-order valence-electron chi connectivity index (χ2n) is 4.25. The van der Waals surface area contributed by atoms with Crippen LogP contribution in [0, 0.1) is 4.64 Å². The van der Waals surface area contributed by atoms with Crippen molar-refractivity contribution < 1.29 is 0 Å². The number of halogens is 1. The van der Waals surface area contributed by atoms with E-state index in [1.807, 2.05) is 30.3 Å². The molecule has 2 aromatic rings. The molecule has 2 nitrogen and oxygen atoms in total. The van der Waals surface area contributed by atoms with Crippen molar-refractivity contribution in [1.82, 2.24) is 9.97 Å². The Morgan fingerprint density at radius 2 is 2.17 bits per heavy atom. The second-order valence-corrected chi connectivity index (χ2v) is 5.10. The SMILES string of the molecule is CCCc1cc(=S)nc(Cc2cccc(Cl)c2)[nH]1. The molecule has 0 aliphatic heterocycles. The molecule has 94 valence electrons. The Balaban J connectivity index is 2.26. The van der Waals surface area contributed by atoms with Gasteiger partial charge in [0.05, 0.1) is 0 Å². The highest BCUT2D eigenvalue weighted by Crippen LogP contribution is 2.13. The summed E-state index contributed by atoms with van der Waals surface area (Å²) in [5.74, 6) is 0.896. The van der Waals surface area contributed by atoms with E-state index in [2.05, 4.69) is 16.9 Å². The van der Waals surface area contributed by atoms with E-state index in [-0.39, 0.29) is 0 Å². The molecule has 2 rings (SSSR count). The minimum atomic E-state index is 0.647. The second kappa shape index (κ2) is 6.12. The third-order valence-corrected chi connectivity index (χ3v) is 3.07. The third kappa shape index (κ3) is 3.65. The smallest absolute Gasteiger partial charge is 0.130 e. The highest BCUT2D eigenvalue weighted by atomic mass is 35.5. The van der Waals surface area contributed by atoms with Crippen molar-refractivity contribution in [2.75, 3.05) is 0 Å². The summed E-state index contributed by atoms with van der Waals surface area (Å²) in [6, 6.07) is 9.74. The fourth-order valence-electron chi connectivity index (χ4n) is 1.89. The summed E-state index contributed by atoms with van der Waals surface area (Å²) in [7, 11) is 0. The number of aryl methyl sites for hydroxylation is 1. The number of nitrogens with zero attached hydrogens (tertiary/aromatic N) is 1. The summed E-state index contributed by atoms with van der Waals surface area (Å²) in [5.41, 5.74) is 2.28. The van der Waals surface area contributed by atoms with Crippen LogP contribution in [0.15, 0.2) is 30.3 Å². The average Bonchev–Trinajstić information content (AvgIpc) is 2.28. The number of aromatic nitrogens is 2. The fourth-order valence-corrected chi connectivity index (χ4v) is 2.36. The molecule has 0 radical (unpaired) electrons. The van der Waals surface area contributed by atoms with Crippen LogP contribution in [-0.2, 0) is 12.8 Å². The van der Waals surface area contributed by atoms with E-state index in [0.717, 1.165) is 41.4 Å². The van der Waals surface area contributed by atoms with Gasteiger partial charge in [-0.2, -0.15) is 0 Å². The standard InChI is InChI=1S/C14H15ClN2S/c1-2-4-12-9-14(18)17-13(16-12)8-10-5-3-6-11(15)7-10/h3,5-7,9H,2,4,8H2,1H3,(H,16,17,18). The van der Waals surface area contributed by atoms with Gasteiger partial charge in [0.25, 0.3) is 0 Å². The Bertz CT molecular complexity index is 592. The molecular weight excluding hydrogens is 264 g/mol. The van der Waals surface area contributed by atoms with Gasteiger partial charge in [-0.25, -0.2) is 4.98 Å². The topological polar surface area (TPSA) is 28.7 Å². The monoisotopic (exact) mass is 278 g/mol. The number of aromatic amines is 1. The van der Waals surface area contributed by atoms with Crippen LogP contribution in [0.3, 0.4) is 0 Å². The molecule has 0 fully saturated rings. The van der Waals surface area contributed by atoms with Crippen LogP contribution in [0.25, 0.3) is 0 Å². The van der Waals surface area contributed by atoms with Gasteiger partial charge in [0.2, 0.25) is 0 Å². The van der Waals surface area contributed by atoms with E-state index in [1.165, 1.54) is 0 Å². The predicted octanol–water partition coefficient (Wildman–Crippen LogP) is 4.34. The van der Waals surface area contributed by atoms with Crippen LogP contribution in [0.2, 0.25) is 5.02 Å². The molecule has 1 N–H and O–H groups in total. The quantitative estimate of drug-likeness (QED) is 0.843. The molecule has 0 bridgehead atoms. The van der Waals surface area contributed by atoms with Crippen LogP contribution >= 0.6 is 23.8 Å². The van der Waals surface area contributed by atoms with Crippen LogP contribution in [0.4, 0.5) is 0 Å². The lowest BCUT2D eigenvalue weighted by atomic mass is 10.1. The zero-order chi connectivity index (χ0) is 13.0. The average molecular weight is 279 g/mol. The molecule has 18 heavy (non-hydrogen) atoms. The molecule has 0 saturated heterocycles. The van der Waals surface area contributed by atoms with Gasteiger partial charge in [-0.1, -0.05) is 49.3 Å². The van der Waals surface area contributed by atoms with Crippen LogP contribution in [0.5, 0.6) is 0 Å². The highest BCUT2D eigenvalue weighted by Gasteiger charge is 2.01. The van der Waals surface area contributed by atoms with Crippen molar-refractivity contribution in [3.8, 4) is 0 Å². The Morgan fingerprint density at radius 3 is 2.89 bits per heavy atom. The third-order valence-electron chi connectivity index (χ3n) is 2.63. The molecular formula is C14H15ClN2S. The first kappa shape index (κ1) is 13.2. The fraction of sp³-hybridized carbons (Fsp3) is 0.286. The summed E-state index contributed by atoms with van der Waals surface area (Å²) < 4.78 is 0.647. The lowest BCUT2D eigenvalue weighted by Gasteiger charge is -2.05.